The van der Waals surface area contributed by atoms with Crippen molar-refractivity contribution in [2.24, 2.45) is 0 Å². The first kappa shape index (κ1) is 19.4. The van der Waals surface area contributed by atoms with Gasteiger partial charge in [0.05, 0.1) is 0 Å². The van der Waals surface area contributed by atoms with Crippen molar-refractivity contribution in [3.05, 3.63) is 57.8 Å². The molecule has 7 heteroatoms. The maximum atomic E-state index is 12.4. The fraction of sp³-hybridized carbons (Fsp3) is 0.368. The van der Waals surface area contributed by atoms with Crippen molar-refractivity contribution < 1.29 is 14.3 Å². The van der Waals surface area contributed by atoms with Gasteiger partial charge in [-0.15, -0.1) is 0 Å². The van der Waals surface area contributed by atoms with E-state index in [0.29, 0.717) is 22.8 Å². The van der Waals surface area contributed by atoms with Crippen molar-refractivity contribution in [2.45, 2.75) is 39.7 Å². The molecule has 7 nitrogen and oxygen atoms in total. The second kappa shape index (κ2) is 8.42. The van der Waals surface area contributed by atoms with Gasteiger partial charge in [0.1, 0.15) is 5.82 Å². The molecule has 0 spiro atoms. The number of likely N-dealkylation sites (N-methyl/N-ethyl adjacent to an activating group) is 1. The highest BCUT2D eigenvalue weighted by molar-refractivity contribution is 5.96. The van der Waals surface area contributed by atoms with Gasteiger partial charge in [0.15, 0.2) is 6.10 Å². The number of aromatic amines is 1. The highest BCUT2D eigenvalue weighted by atomic mass is 16.5. The van der Waals surface area contributed by atoms with Gasteiger partial charge in [0, 0.05) is 30.4 Å². The van der Waals surface area contributed by atoms with Crippen LogP contribution >= 0.6 is 0 Å². The van der Waals surface area contributed by atoms with Gasteiger partial charge in [-0.3, -0.25) is 14.4 Å². The number of carbonyl (C=O) groups excluding carboxylic acids is 2. The highest BCUT2D eigenvalue weighted by Gasteiger charge is 2.22. The summed E-state index contributed by atoms with van der Waals surface area (Å²) < 4.78 is 5.22. The Labute approximate surface area is 152 Å². The van der Waals surface area contributed by atoms with E-state index in [-0.39, 0.29) is 24.3 Å². The normalized spacial score (nSPS) is 11.7. The molecule has 1 N–H and O–H groups in total. The smallest absolute Gasteiger partial charge is 0.306 e. The summed E-state index contributed by atoms with van der Waals surface area (Å²) in [5, 5.41) is 0. The van der Waals surface area contributed by atoms with Crippen LogP contribution in [0.15, 0.2) is 35.1 Å². The van der Waals surface area contributed by atoms with Gasteiger partial charge in [-0.25, -0.2) is 4.98 Å². The third-order valence-electron chi connectivity index (χ3n) is 4.05. The number of rotatable bonds is 6. The van der Waals surface area contributed by atoms with Crippen LogP contribution in [-0.4, -0.2) is 35.0 Å². The van der Waals surface area contributed by atoms with Gasteiger partial charge in [-0.2, -0.15) is 0 Å². The Morgan fingerprint density at radius 2 is 1.88 bits per heavy atom. The summed E-state index contributed by atoms with van der Waals surface area (Å²) in [5.74, 6) is -0.329. The third kappa shape index (κ3) is 4.78. The minimum Gasteiger partial charge on any atom is -0.453 e. The van der Waals surface area contributed by atoms with Crippen molar-refractivity contribution in [1.82, 2.24) is 9.97 Å². The maximum Gasteiger partial charge on any atom is 0.306 e. The molecule has 1 amide bonds. The van der Waals surface area contributed by atoms with Crippen LogP contribution in [0.25, 0.3) is 0 Å². The zero-order valence-electron chi connectivity index (χ0n) is 15.4. The fourth-order valence-corrected chi connectivity index (χ4v) is 2.63. The Morgan fingerprint density at radius 3 is 2.50 bits per heavy atom. The molecule has 1 atom stereocenters. The molecule has 0 aliphatic heterocycles. The predicted octanol–water partition coefficient (Wildman–Crippen LogP) is 1.91. The number of nitrogens with one attached hydrogen (secondary N) is 1. The second-order valence-electron chi connectivity index (χ2n) is 6.08. The van der Waals surface area contributed by atoms with E-state index in [0.717, 1.165) is 0 Å². The number of hydrogen-bond donors (Lipinski definition) is 1. The van der Waals surface area contributed by atoms with Gasteiger partial charge in [-0.1, -0.05) is 18.2 Å². The molecule has 1 aromatic heterocycles. The molecule has 138 valence electrons. The molecule has 1 heterocycles. The van der Waals surface area contributed by atoms with Crippen LogP contribution in [0.5, 0.6) is 0 Å². The summed E-state index contributed by atoms with van der Waals surface area (Å²) in [6, 6.07) is 9.10. The van der Waals surface area contributed by atoms with Crippen molar-refractivity contribution in [3.8, 4) is 0 Å². The Bertz CT molecular complexity index is 846. The molecule has 0 saturated heterocycles. The molecule has 0 aliphatic carbocycles. The van der Waals surface area contributed by atoms with Crippen LogP contribution < -0.4 is 10.5 Å². The van der Waals surface area contributed by atoms with E-state index in [1.165, 1.54) is 11.8 Å². The highest BCUT2D eigenvalue weighted by Crippen LogP contribution is 2.13. The van der Waals surface area contributed by atoms with E-state index >= 15 is 0 Å². The third-order valence-corrected chi connectivity index (χ3v) is 4.05. The lowest BCUT2D eigenvalue weighted by Gasteiger charge is -2.21. The Kier molecular flexibility index (Phi) is 6.27. The maximum absolute atomic E-state index is 12.4. The number of para-hydroxylation sites is 1. The van der Waals surface area contributed by atoms with Crippen LogP contribution in [-0.2, 0) is 20.7 Å². The number of ether oxygens (including phenoxy) is 1. The van der Waals surface area contributed by atoms with E-state index in [1.54, 1.807) is 33.0 Å². The number of hydrogen-bond acceptors (Lipinski definition) is 5. The zero-order valence-corrected chi connectivity index (χ0v) is 15.4. The SMILES string of the molecule is Cc1nc(C)c(CCC(=O)O[C@@H](C)C(=O)N(C)c2ccccc2)c(=O)[nH]1. The predicted molar refractivity (Wildman–Crippen MR) is 98.1 cm³/mol. The molecule has 0 aliphatic rings. The molecule has 0 fully saturated rings. The first-order valence-electron chi connectivity index (χ1n) is 8.38. The molecule has 0 bridgehead atoms. The number of amides is 1. The first-order chi connectivity index (χ1) is 12.3. The lowest BCUT2D eigenvalue weighted by Crippen LogP contribution is -2.37. The first-order valence-corrected chi connectivity index (χ1v) is 8.38. The Hall–Kier alpha value is -2.96. The molecule has 1 aromatic carbocycles. The molecule has 0 radical (unpaired) electrons. The van der Waals surface area contributed by atoms with Crippen molar-refractivity contribution in [1.29, 1.82) is 0 Å². The summed E-state index contributed by atoms with van der Waals surface area (Å²) >= 11 is 0. The summed E-state index contributed by atoms with van der Waals surface area (Å²) in [6.45, 7) is 4.96. The molecule has 0 unspecified atom stereocenters. The van der Waals surface area contributed by atoms with Crippen molar-refractivity contribution >= 4 is 17.6 Å². The average molecular weight is 357 g/mol. The summed E-state index contributed by atoms with van der Waals surface area (Å²) in [5.41, 5.74) is 1.50. The minimum absolute atomic E-state index is 0.00132. The largest absolute Gasteiger partial charge is 0.453 e. The fourth-order valence-electron chi connectivity index (χ4n) is 2.63. The number of anilines is 1. The van der Waals surface area contributed by atoms with Crippen LogP contribution in [0, 0.1) is 13.8 Å². The number of benzene rings is 1. The van der Waals surface area contributed by atoms with Gasteiger partial charge >= 0.3 is 5.97 Å². The molecule has 26 heavy (non-hydrogen) atoms. The monoisotopic (exact) mass is 357 g/mol. The standard InChI is InChI=1S/C19H23N3O4/c1-12-16(18(24)21-14(3)20-12)10-11-17(23)26-13(2)19(25)22(4)15-8-6-5-7-9-15/h5-9,13H,10-11H2,1-4H3,(H,20,21,24)/t13-/m0/s1. The van der Waals surface area contributed by atoms with E-state index in [9.17, 15) is 14.4 Å². The van der Waals surface area contributed by atoms with Crippen LogP contribution in [0.3, 0.4) is 0 Å². The van der Waals surface area contributed by atoms with Gasteiger partial charge in [0.25, 0.3) is 11.5 Å². The summed E-state index contributed by atoms with van der Waals surface area (Å²) in [4.78, 5) is 44.6. The number of aromatic nitrogens is 2. The quantitative estimate of drug-likeness (QED) is 0.797. The minimum atomic E-state index is -0.914. The molecular weight excluding hydrogens is 334 g/mol. The van der Waals surface area contributed by atoms with Crippen molar-refractivity contribution in [2.75, 3.05) is 11.9 Å². The van der Waals surface area contributed by atoms with Gasteiger partial charge in [-0.05, 0) is 39.3 Å². The van der Waals surface area contributed by atoms with Gasteiger partial charge < -0.3 is 14.6 Å². The van der Waals surface area contributed by atoms with Crippen LogP contribution in [0.1, 0.15) is 30.4 Å². The number of esters is 1. The number of H-pyrrole nitrogens is 1. The molecule has 2 aromatic rings. The van der Waals surface area contributed by atoms with E-state index in [4.69, 9.17) is 4.74 Å². The average Bonchev–Trinajstić information content (AvgIpc) is 2.60. The Morgan fingerprint density at radius 1 is 1.23 bits per heavy atom. The number of aryl methyl sites for hydroxylation is 2. The second-order valence-corrected chi connectivity index (χ2v) is 6.08. The molecule has 2 rings (SSSR count). The lowest BCUT2D eigenvalue weighted by atomic mass is 10.1. The van der Waals surface area contributed by atoms with Crippen LogP contribution in [0.4, 0.5) is 5.69 Å². The molecular formula is C19H23N3O4. The van der Waals surface area contributed by atoms with Crippen LogP contribution in [0.2, 0.25) is 0 Å². The topological polar surface area (TPSA) is 92.4 Å². The summed E-state index contributed by atoms with van der Waals surface area (Å²) in [6.07, 6.45) is -0.701. The number of nitrogens with zero attached hydrogens (tertiary/aromatic N) is 2. The van der Waals surface area contributed by atoms with E-state index < -0.39 is 12.1 Å². The van der Waals surface area contributed by atoms with Gasteiger partial charge in [0.2, 0.25) is 0 Å². The molecule has 0 saturated carbocycles. The Balaban J connectivity index is 1.93. The zero-order chi connectivity index (χ0) is 19.3. The summed E-state index contributed by atoms with van der Waals surface area (Å²) in [7, 11) is 1.63. The van der Waals surface area contributed by atoms with E-state index in [2.05, 4.69) is 9.97 Å². The number of carbonyl (C=O) groups is 2. The van der Waals surface area contributed by atoms with E-state index in [1.807, 2.05) is 18.2 Å². The lowest BCUT2D eigenvalue weighted by molar-refractivity contribution is -0.153. The van der Waals surface area contributed by atoms with Crippen molar-refractivity contribution in [3.63, 3.8) is 0 Å².